The molecule has 1 atom stereocenters. The fraction of sp³-hybridized carbons (Fsp3) is 0.263. The van der Waals surface area contributed by atoms with E-state index in [0.717, 1.165) is 17.5 Å². The van der Waals surface area contributed by atoms with Crippen LogP contribution in [0.2, 0.25) is 0 Å². The number of hydrogen-bond donors (Lipinski definition) is 1. The highest BCUT2D eigenvalue weighted by Gasteiger charge is 2.30. The Labute approximate surface area is 154 Å². The number of benzene rings is 2. The normalized spacial score (nSPS) is 16.3. The fourth-order valence-corrected chi connectivity index (χ4v) is 3.55. The van der Waals surface area contributed by atoms with Gasteiger partial charge in [-0.25, -0.2) is 4.39 Å². The first-order valence-electron chi connectivity index (χ1n) is 8.05. The highest BCUT2D eigenvalue weighted by molar-refractivity contribution is 9.10. The average molecular weight is 405 g/mol. The second kappa shape index (κ2) is 7.35. The van der Waals surface area contributed by atoms with Gasteiger partial charge in [-0.2, -0.15) is 0 Å². The van der Waals surface area contributed by atoms with Crippen LogP contribution in [0.5, 0.6) is 0 Å². The molecule has 25 heavy (non-hydrogen) atoms. The fourth-order valence-electron chi connectivity index (χ4n) is 3.22. The second-order valence-electron chi connectivity index (χ2n) is 6.05. The van der Waals surface area contributed by atoms with Gasteiger partial charge < -0.3 is 10.2 Å². The summed E-state index contributed by atoms with van der Waals surface area (Å²) in [5.41, 5.74) is 2.26. The van der Waals surface area contributed by atoms with E-state index in [1.54, 1.807) is 11.0 Å². The van der Waals surface area contributed by atoms with Gasteiger partial charge in [0, 0.05) is 17.9 Å². The van der Waals surface area contributed by atoms with E-state index in [9.17, 15) is 14.0 Å². The van der Waals surface area contributed by atoms with E-state index in [2.05, 4.69) is 21.2 Å². The zero-order valence-electron chi connectivity index (χ0n) is 13.8. The molecule has 1 N–H and O–H groups in total. The molecule has 0 bridgehead atoms. The molecule has 1 aliphatic rings. The van der Waals surface area contributed by atoms with Gasteiger partial charge in [0.1, 0.15) is 5.82 Å². The predicted molar refractivity (Wildman–Crippen MR) is 97.6 cm³/mol. The number of carbonyl (C=O) groups is 2. The molecular formula is C19H18BrFN2O2. The molecule has 0 aliphatic carbocycles. The number of hydrogen-bond acceptors (Lipinski definition) is 2. The quantitative estimate of drug-likeness (QED) is 0.838. The van der Waals surface area contributed by atoms with Crippen molar-refractivity contribution in [3.63, 3.8) is 0 Å². The molecule has 130 valence electrons. The van der Waals surface area contributed by atoms with Crippen LogP contribution >= 0.6 is 15.9 Å². The van der Waals surface area contributed by atoms with Gasteiger partial charge >= 0.3 is 0 Å². The van der Waals surface area contributed by atoms with E-state index in [1.165, 1.54) is 19.1 Å². The molecule has 0 saturated heterocycles. The Bertz CT molecular complexity index is 825. The van der Waals surface area contributed by atoms with Crippen molar-refractivity contribution in [2.24, 2.45) is 0 Å². The summed E-state index contributed by atoms with van der Waals surface area (Å²) in [6.07, 6.45) is 0.862. The molecule has 2 aromatic carbocycles. The summed E-state index contributed by atoms with van der Waals surface area (Å²) in [4.78, 5) is 26.2. The average Bonchev–Trinajstić information content (AvgIpc) is 2.57. The Balaban J connectivity index is 1.81. The van der Waals surface area contributed by atoms with Gasteiger partial charge in [-0.15, -0.1) is 0 Å². The Kier molecular flexibility index (Phi) is 5.18. The lowest BCUT2D eigenvalue weighted by Gasteiger charge is -2.36. The smallest absolute Gasteiger partial charge is 0.226 e. The zero-order valence-corrected chi connectivity index (χ0v) is 15.3. The van der Waals surface area contributed by atoms with E-state index in [1.807, 2.05) is 24.3 Å². The minimum Gasteiger partial charge on any atom is -0.335 e. The highest BCUT2D eigenvalue weighted by Crippen LogP contribution is 2.32. The molecule has 1 unspecified atom stereocenters. The third-order valence-corrected chi connectivity index (χ3v) is 4.89. The van der Waals surface area contributed by atoms with Crippen LogP contribution in [0.4, 0.5) is 10.1 Å². The number of halogens is 2. The van der Waals surface area contributed by atoms with Crippen molar-refractivity contribution in [1.82, 2.24) is 4.90 Å². The summed E-state index contributed by atoms with van der Waals surface area (Å²) in [5.74, 6) is -0.897. The number of carbonyl (C=O) groups excluding carboxylic acids is 2. The number of nitrogens with one attached hydrogen (secondary N) is 1. The molecule has 2 aromatic rings. The monoisotopic (exact) mass is 404 g/mol. The van der Waals surface area contributed by atoms with Crippen LogP contribution in [0.15, 0.2) is 46.9 Å². The standard InChI is InChI=1S/C19H18BrFN2O2/c1-12(24)23-9-8-13-4-2-3-5-15(13)18(23)11-19(25)22-17-7-6-14(20)10-16(17)21/h2-7,10,18H,8-9,11H2,1H3,(H,22,25). The summed E-state index contributed by atoms with van der Waals surface area (Å²) >= 11 is 3.19. The molecular weight excluding hydrogens is 387 g/mol. The number of anilines is 1. The van der Waals surface area contributed by atoms with E-state index >= 15 is 0 Å². The second-order valence-corrected chi connectivity index (χ2v) is 6.97. The Morgan fingerprint density at radius 2 is 2.04 bits per heavy atom. The van der Waals surface area contributed by atoms with Crippen molar-refractivity contribution < 1.29 is 14.0 Å². The van der Waals surface area contributed by atoms with Crippen LogP contribution in [0.1, 0.15) is 30.5 Å². The largest absolute Gasteiger partial charge is 0.335 e. The molecule has 1 aliphatic heterocycles. The van der Waals surface area contributed by atoms with Crippen molar-refractivity contribution in [2.75, 3.05) is 11.9 Å². The van der Waals surface area contributed by atoms with Gasteiger partial charge in [-0.05, 0) is 35.7 Å². The van der Waals surface area contributed by atoms with Crippen LogP contribution in [0.25, 0.3) is 0 Å². The van der Waals surface area contributed by atoms with Crippen molar-refractivity contribution in [3.05, 3.63) is 63.9 Å². The van der Waals surface area contributed by atoms with Crippen LogP contribution in [-0.2, 0) is 16.0 Å². The van der Waals surface area contributed by atoms with E-state index in [-0.39, 0.29) is 30.0 Å². The molecule has 2 amide bonds. The first kappa shape index (κ1) is 17.6. The van der Waals surface area contributed by atoms with Crippen molar-refractivity contribution in [1.29, 1.82) is 0 Å². The number of amides is 2. The minimum atomic E-state index is -0.504. The first-order valence-corrected chi connectivity index (χ1v) is 8.85. The molecule has 0 fully saturated rings. The number of fused-ring (bicyclic) bond motifs is 1. The Hall–Kier alpha value is -2.21. The van der Waals surface area contributed by atoms with Gasteiger partial charge in [0.25, 0.3) is 0 Å². The summed E-state index contributed by atoms with van der Waals surface area (Å²) in [6.45, 7) is 2.09. The Morgan fingerprint density at radius 3 is 2.76 bits per heavy atom. The number of nitrogens with zero attached hydrogens (tertiary/aromatic N) is 1. The molecule has 0 spiro atoms. The van der Waals surface area contributed by atoms with Crippen molar-refractivity contribution in [3.8, 4) is 0 Å². The first-order chi connectivity index (χ1) is 12.0. The molecule has 1 heterocycles. The maximum Gasteiger partial charge on any atom is 0.226 e. The van der Waals surface area contributed by atoms with Crippen molar-refractivity contribution >= 4 is 33.4 Å². The lowest BCUT2D eigenvalue weighted by atomic mass is 9.90. The van der Waals surface area contributed by atoms with Gasteiger partial charge in [-0.1, -0.05) is 40.2 Å². The Morgan fingerprint density at radius 1 is 1.28 bits per heavy atom. The molecule has 0 saturated carbocycles. The van der Waals surface area contributed by atoms with Crippen molar-refractivity contribution in [2.45, 2.75) is 25.8 Å². The molecule has 0 aromatic heterocycles. The van der Waals surface area contributed by atoms with Gasteiger partial charge in [0.2, 0.25) is 11.8 Å². The summed E-state index contributed by atoms with van der Waals surface area (Å²) in [7, 11) is 0. The molecule has 4 nitrogen and oxygen atoms in total. The van der Waals surface area contributed by atoms with Gasteiger partial charge in [0.05, 0.1) is 18.2 Å². The summed E-state index contributed by atoms with van der Waals surface area (Å²) in [5, 5.41) is 2.60. The maximum atomic E-state index is 13.9. The third-order valence-electron chi connectivity index (χ3n) is 4.40. The van der Waals surface area contributed by atoms with E-state index in [0.29, 0.717) is 11.0 Å². The molecule has 3 rings (SSSR count). The van der Waals surface area contributed by atoms with Crippen LogP contribution in [0.3, 0.4) is 0 Å². The maximum absolute atomic E-state index is 13.9. The van der Waals surface area contributed by atoms with Crippen LogP contribution in [-0.4, -0.2) is 23.3 Å². The summed E-state index contributed by atoms with van der Waals surface area (Å²) in [6, 6.07) is 12.0. The topological polar surface area (TPSA) is 49.4 Å². The highest BCUT2D eigenvalue weighted by atomic mass is 79.9. The molecule has 0 radical (unpaired) electrons. The lowest BCUT2D eigenvalue weighted by molar-refractivity contribution is -0.132. The van der Waals surface area contributed by atoms with Crippen LogP contribution in [0, 0.1) is 5.82 Å². The van der Waals surface area contributed by atoms with E-state index < -0.39 is 5.82 Å². The van der Waals surface area contributed by atoms with Crippen LogP contribution < -0.4 is 5.32 Å². The van der Waals surface area contributed by atoms with Gasteiger partial charge in [-0.3, -0.25) is 9.59 Å². The SMILES string of the molecule is CC(=O)N1CCc2ccccc2C1CC(=O)Nc1ccc(Br)cc1F. The molecule has 6 heteroatoms. The summed E-state index contributed by atoms with van der Waals surface area (Å²) < 4.78 is 14.5. The minimum absolute atomic E-state index is 0.0675. The zero-order chi connectivity index (χ0) is 18.0. The number of rotatable bonds is 3. The predicted octanol–water partition coefficient (Wildman–Crippen LogP) is 4.06. The van der Waals surface area contributed by atoms with E-state index in [4.69, 9.17) is 0 Å². The lowest BCUT2D eigenvalue weighted by Crippen LogP contribution is -2.40. The third kappa shape index (κ3) is 3.90. The van der Waals surface area contributed by atoms with Gasteiger partial charge in [0.15, 0.2) is 0 Å².